The van der Waals surface area contributed by atoms with Crippen LogP contribution >= 0.6 is 11.8 Å². The Morgan fingerprint density at radius 1 is 1.37 bits per heavy atom. The zero-order chi connectivity index (χ0) is 21.4. The van der Waals surface area contributed by atoms with Crippen molar-refractivity contribution in [1.82, 2.24) is 15.0 Å². The first-order valence-electron chi connectivity index (χ1n) is 9.27. The number of fused-ring (bicyclic) bond motifs is 1. The molecule has 2 aliphatic heterocycles. The van der Waals surface area contributed by atoms with E-state index in [9.17, 15) is 4.79 Å². The summed E-state index contributed by atoms with van der Waals surface area (Å²) in [5.74, 6) is -0.0109. The summed E-state index contributed by atoms with van der Waals surface area (Å²) in [7, 11) is 1.46. The molecule has 0 bridgehead atoms. The molecule has 4 heterocycles. The number of anilines is 1. The van der Waals surface area contributed by atoms with Gasteiger partial charge in [0.15, 0.2) is 10.8 Å². The molecule has 2 aromatic rings. The van der Waals surface area contributed by atoms with Gasteiger partial charge in [0.05, 0.1) is 44.1 Å². The van der Waals surface area contributed by atoms with Gasteiger partial charge in [-0.3, -0.25) is 9.78 Å². The number of ether oxygens (including phenoxy) is 2. The molecule has 1 saturated heterocycles. The summed E-state index contributed by atoms with van der Waals surface area (Å²) >= 11 is 1.19. The third kappa shape index (κ3) is 3.58. The molecule has 0 spiro atoms. The van der Waals surface area contributed by atoms with Crippen LogP contribution in [0.2, 0.25) is 0 Å². The van der Waals surface area contributed by atoms with E-state index < -0.39 is 17.1 Å². The van der Waals surface area contributed by atoms with Gasteiger partial charge in [0.25, 0.3) is 5.91 Å². The largest absolute Gasteiger partial charge is 0.480 e. The number of nitrogens with zero attached hydrogens (tertiary/aromatic N) is 4. The maximum absolute atomic E-state index is 16.1. The number of aliphatic imine (C=N–C) groups is 1. The molecule has 0 unspecified atom stereocenters. The summed E-state index contributed by atoms with van der Waals surface area (Å²) in [5.41, 5.74) is 3.95. The van der Waals surface area contributed by atoms with E-state index in [1.807, 2.05) is 6.92 Å². The summed E-state index contributed by atoms with van der Waals surface area (Å²) in [6, 6.07) is 1.64. The minimum Gasteiger partial charge on any atom is -0.480 e. The number of thioether (sulfide) groups is 1. The topological polar surface area (TPSA) is 125 Å². The molecule has 0 aromatic carbocycles. The number of aromatic nitrogens is 3. The van der Waals surface area contributed by atoms with Crippen LogP contribution in [0.3, 0.4) is 0 Å². The van der Waals surface area contributed by atoms with Crippen molar-refractivity contribution >= 4 is 28.5 Å². The predicted octanol–water partition coefficient (Wildman–Crippen LogP) is 1.91. The van der Waals surface area contributed by atoms with Gasteiger partial charge in [0.2, 0.25) is 5.88 Å². The van der Waals surface area contributed by atoms with E-state index in [0.717, 1.165) is 0 Å². The highest BCUT2D eigenvalue weighted by Crippen LogP contribution is 2.51. The van der Waals surface area contributed by atoms with Gasteiger partial charge in [-0.2, -0.15) is 0 Å². The average molecular weight is 432 g/mol. The standard InChI is InChI=1S/C19H21FN6O3S/c1-11-4-18(20)10-30-17(21)26-19(18,9-29-11)12-3-13(6-22-5-12)25-16(27)14-7-24-15(28-2)8-23-14/h3,5-8,11H,4,9-10H2,1-2H3,(H2,21,26)(H,25,27)/t11-,18+,19+/m0/s1. The molecule has 3 atom stereocenters. The molecule has 1 fully saturated rings. The fourth-order valence-electron chi connectivity index (χ4n) is 3.67. The quantitative estimate of drug-likeness (QED) is 0.751. The lowest BCUT2D eigenvalue weighted by atomic mass is 9.73. The van der Waals surface area contributed by atoms with Crippen LogP contribution in [0.25, 0.3) is 0 Å². The number of halogens is 1. The zero-order valence-electron chi connectivity index (χ0n) is 16.5. The van der Waals surface area contributed by atoms with Gasteiger partial charge in [-0.25, -0.2) is 19.4 Å². The lowest BCUT2D eigenvalue weighted by Crippen LogP contribution is -2.60. The summed E-state index contributed by atoms with van der Waals surface area (Å²) in [5, 5.41) is 3.00. The Morgan fingerprint density at radius 2 is 2.20 bits per heavy atom. The van der Waals surface area contributed by atoms with Crippen molar-refractivity contribution in [2.75, 3.05) is 24.8 Å². The molecule has 158 valence electrons. The lowest BCUT2D eigenvalue weighted by Gasteiger charge is -2.49. The van der Waals surface area contributed by atoms with Crippen molar-refractivity contribution in [2.45, 2.75) is 30.7 Å². The van der Waals surface area contributed by atoms with Crippen molar-refractivity contribution in [3.05, 3.63) is 42.1 Å². The molecule has 4 rings (SSSR count). The summed E-state index contributed by atoms with van der Waals surface area (Å²) in [4.78, 5) is 29.1. The second kappa shape index (κ2) is 7.80. The number of carbonyl (C=O) groups is 1. The first kappa shape index (κ1) is 20.5. The van der Waals surface area contributed by atoms with Gasteiger partial charge < -0.3 is 20.5 Å². The van der Waals surface area contributed by atoms with Gasteiger partial charge in [-0.05, 0) is 13.0 Å². The average Bonchev–Trinajstić information content (AvgIpc) is 2.74. The number of hydrogen-bond acceptors (Lipinski definition) is 9. The number of pyridine rings is 1. The van der Waals surface area contributed by atoms with Crippen LogP contribution in [0.4, 0.5) is 10.1 Å². The Balaban J connectivity index is 1.65. The summed E-state index contributed by atoms with van der Waals surface area (Å²) in [6.07, 6.45) is 5.60. The maximum Gasteiger partial charge on any atom is 0.275 e. The second-order valence-corrected chi connectivity index (χ2v) is 8.25. The fourth-order valence-corrected chi connectivity index (χ4v) is 4.62. The van der Waals surface area contributed by atoms with Crippen molar-refractivity contribution < 1.29 is 18.7 Å². The zero-order valence-corrected chi connectivity index (χ0v) is 17.3. The van der Waals surface area contributed by atoms with E-state index in [1.165, 1.54) is 43.7 Å². The van der Waals surface area contributed by atoms with E-state index in [0.29, 0.717) is 22.3 Å². The second-order valence-electron chi connectivity index (χ2n) is 7.25. The van der Waals surface area contributed by atoms with Crippen LogP contribution in [0, 0.1) is 0 Å². The van der Waals surface area contributed by atoms with Gasteiger partial charge in [-0.15, -0.1) is 0 Å². The number of methoxy groups -OCH3 is 1. The highest BCUT2D eigenvalue weighted by molar-refractivity contribution is 8.13. The molecule has 11 heteroatoms. The summed E-state index contributed by atoms with van der Waals surface area (Å²) < 4.78 is 26.8. The molecular weight excluding hydrogens is 411 g/mol. The third-order valence-electron chi connectivity index (χ3n) is 5.22. The molecule has 2 aliphatic rings. The molecular formula is C19H21FN6O3S. The monoisotopic (exact) mass is 432 g/mol. The first-order valence-corrected chi connectivity index (χ1v) is 10.3. The SMILES string of the molecule is COc1cnc(C(=O)Nc2cncc([C@]34CO[C@@H](C)C[C@@]3(F)CSC(N)=N4)c2)cn1. The van der Waals surface area contributed by atoms with Crippen LogP contribution in [0.5, 0.6) is 5.88 Å². The number of nitrogens with one attached hydrogen (secondary N) is 1. The van der Waals surface area contributed by atoms with Crippen LogP contribution in [-0.4, -0.2) is 57.3 Å². The molecule has 1 amide bonds. The van der Waals surface area contributed by atoms with Gasteiger partial charge in [0.1, 0.15) is 11.2 Å². The van der Waals surface area contributed by atoms with Crippen LogP contribution < -0.4 is 15.8 Å². The number of hydrogen-bond donors (Lipinski definition) is 2. The Hall–Kier alpha value is -2.79. The number of amides is 1. The van der Waals surface area contributed by atoms with Crippen molar-refractivity contribution in [2.24, 2.45) is 10.7 Å². The number of rotatable bonds is 4. The number of nitrogens with two attached hydrogens (primary N) is 1. The fraction of sp³-hybridized carbons (Fsp3) is 0.421. The van der Waals surface area contributed by atoms with Gasteiger partial charge in [0, 0.05) is 23.9 Å². The molecule has 0 saturated carbocycles. The van der Waals surface area contributed by atoms with E-state index in [2.05, 4.69) is 25.3 Å². The highest BCUT2D eigenvalue weighted by Gasteiger charge is 2.59. The number of amidine groups is 1. The van der Waals surface area contributed by atoms with Crippen molar-refractivity contribution in [3.63, 3.8) is 0 Å². The minimum atomic E-state index is -1.65. The smallest absolute Gasteiger partial charge is 0.275 e. The van der Waals surface area contributed by atoms with Crippen LogP contribution in [0.1, 0.15) is 29.4 Å². The molecule has 2 aromatic heterocycles. The Bertz CT molecular complexity index is 990. The predicted molar refractivity (Wildman–Crippen MR) is 110 cm³/mol. The van der Waals surface area contributed by atoms with E-state index in [4.69, 9.17) is 15.2 Å². The number of alkyl halides is 1. The Morgan fingerprint density at radius 3 is 2.93 bits per heavy atom. The van der Waals surface area contributed by atoms with Crippen LogP contribution in [0.15, 0.2) is 35.8 Å². The molecule has 9 nitrogen and oxygen atoms in total. The molecule has 0 radical (unpaired) electrons. The highest BCUT2D eigenvalue weighted by atomic mass is 32.2. The van der Waals surface area contributed by atoms with Gasteiger partial charge in [-0.1, -0.05) is 11.8 Å². The normalized spacial score (nSPS) is 28.2. The summed E-state index contributed by atoms with van der Waals surface area (Å²) in [6.45, 7) is 1.87. The van der Waals surface area contributed by atoms with Gasteiger partial charge >= 0.3 is 0 Å². The Kier molecular flexibility index (Phi) is 5.33. The van der Waals surface area contributed by atoms with Crippen LogP contribution in [-0.2, 0) is 10.3 Å². The molecule has 0 aliphatic carbocycles. The Labute approximate surface area is 176 Å². The van der Waals surface area contributed by atoms with Crippen molar-refractivity contribution in [1.29, 1.82) is 0 Å². The minimum absolute atomic E-state index is 0.0367. The maximum atomic E-state index is 16.1. The first-order chi connectivity index (χ1) is 14.3. The van der Waals surface area contributed by atoms with E-state index >= 15 is 4.39 Å². The van der Waals surface area contributed by atoms with Crippen molar-refractivity contribution in [3.8, 4) is 5.88 Å². The van der Waals surface area contributed by atoms with E-state index in [1.54, 1.807) is 6.07 Å². The van der Waals surface area contributed by atoms with E-state index in [-0.39, 0.29) is 30.6 Å². The molecule has 30 heavy (non-hydrogen) atoms. The number of carbonyl (C=O) groups excluding carboxylic acids is 1. The molecule has 3 N–H and O–H groups in total. The third-order valence-corrected chi connectivity index (χ3v) is 6.21. The lowest BCUT2D eigenvalue weighted by molar-refractivity contribution is -0.106.